The van der Waals surface area contributed by atoms with Crippen LogP contribution >= 0.6 is 23.1 Å². The standard InChI is InChI=1S/C22H19N7O3S2/c1-3-16-26-28-18(30)10-13(24-21(28)33-16)11-32-14-7-5-12(6-8-14)9-15-19(23)29-22(25-20(15)31)34-17(4-2)27-29/h5-10,23H,3-4,11H2,1-2H3/b15-9+,23-19?. The number of carbonyl (C=O) groups excluding carboxylic acids is 1. The third-order valence-electron chi connectivity index (χ3n) is 5.02. The second kappa shape index (κ2) is 8.95. The number of aromatic nitrogens is 3. The Labute approximate surface area is 202 Å². The topological polar surface area (TPSA) is 125 Å². The summed E-state index contributed by atoms with van der Waals surface area (Å²) in [6.07, 6.45) is 3.07. The minimum absolute atomic E-state index is 0.00771. The van der Waals surface area contributed by atoms with Crippen LogP contribution in [0.5, 0.6) is 5.75 Å². The molecule has 1 aromatic carbocycles. The van der Waals surface area contributed by atoms with Crippen molar-refractivity contribution >= 4 is 56.1 Å². The van der Waals surface area contributed by atoms with E-state index in [-0.39, 0.29) is 23.6 Å². The first kappa shape index (κ1) is 22.2. The molecule has 0 fully saturated rings. The molecule has 5 rings (SSSR count). The van der Waals surface area contributed by atoms with Crippen LogP contribution in [0, 0.1) is 5.41 Å². The molecule has 34 heavy (non-hydrogen) atoms. The third-order valence-corrected chi connectivity index (χ3v) is 7.12. The molecule has 0 bridgehead atoms. The molecular formula is C22H19N7O3S2. The van der Waals surface area contributed by atoms with Crippen molar-refractivity contribution < 1.29 is 9.53 Å². The lowest BCUT2D eigenvalue weighted by Crippen LogP contribution is -2.35. The largest absolute Gasteiger partial charge is 0.487 e. The average Bonchev–Trinajstić information content (AvgIpc) is 3.45. The van der Waals surface area contributed by atoms with E-state index in [9.17, 15) is 9.59 Å². The number of thioether (sulfide) groups is 1. The molecule has 2 aliphatic heterocycles. The molecule has 2 aliphatic rings. The number of aliphatic imine (C=N–C) groups is 1. The van der Waals surface area contributed by atoms with Crippen LogP contribution in [0.25, 0.3) is 11.0 Å². The van der Waals surface area contributed by atoms with Crippen molar-refractivity contribution in [2.24, 2.45) is 10.1 Å². The second-order valence-corrected chi connectivity index (χ2v) is 9.44. The molecule has 0 unspecified atom stereocenters. The van der Waals surface area contributed by atoms with Crippen molar-refractivity contribution in [3.8, 4) is 5.75 Å². The molecule has 12 heteroatoms. The number of nitrogens with one attached hydrogen (secondary N) is 1. The van der Waals surface area contributed by atoms with Gasteiger partial charge in [-0.2, -0.15) is 24.7 Å². The van der Waals surface area contributed by atoms with E-state index in [0.29, 0.717) is 28.0 Å². The summed E-state index contributed by atoms with van der Waals surface area (Å²) >= 11 is 2.70. The number of hydrogen-bond acceptors (Lipinski definition) is 9. The SMILES string of the molecule is CCC1=NN2C(=N)/C(=C\c3ccc(OCc4cc(=O)n5nc(CC)sc5n4)cc3)C(=O)N=C2S1. The van der Waals surface area contributed by atoms with Gasteiger partial charge in [-0.3, -0.25) is 15.0 Å². The van der Waals surface area contributed by atoms with Crippen molar-refractivity contribution in [2.75, 3.05) is 0 Å². The molecule has 0 atom stereocenters. The van der Waals surface area contributed by atoms with Crippen LogP contribution in [0.4, 0.5) is 0 Å². The zero-order valence-corrected chi connectivity index (χ0v) is 19.9. The number of fused-ring (bicyclic) bond motifs is 2. The first-order valence-corrected chi connectivity index (χ1v) is 12.2. The highest BCUT2D eigenvalue weighted by atomic mass is 32.2. The van der Waals surface area contributed by atoms with Crippen molar-refractivity contribution in [3.63, 3.8) is 0 Å². The van der Waals surface area contributed by atoms with Gasteiger partial charge < -0.3 is 4.74 Å². The Balaban J connectivity index is 1.30. The van der Waals surface area contributed by atoms with E-state index < -0.39 is 5.91 Å². The molecule has 1 N–H and O–H groups in total. The number of hydrazone groups is 1. The van der Waals surface area contributed by atoms with Crippen molar-refractivity contribution in [1.82, 2.24) is 19.6 Å². The minimum Gasteiger partial charge on any atom is -0.487 e. The number of nitrogens with zero attached hydrogens (tertiary/aromatic N) is 6. The molecule has 0 aliphatic carbocycles. The number of rotatable bonds is 6. The van der Waals surface area contributed by atoms with Gasteiger partial charge in [0.15, 0.2) is 5.84 Å². The average molecular weight is 494 g/mol. The summed E-state index contributed by atoms with van der Waals surface area (Å²) in [5.74, 6) is 0.133. The molecule has 4 heterocycles. The smallest absolute Gasteiger partial charge is 0.283 e. The van der Waals surface area contributed by atoms with Gasteiger partial charge >= 0.3 is 0 Å². The van der Waals surface area contributed by atoms with Gasteiger partial charge in [0.2, 0.25) is 10.1 Å². The summed E-state index contributed by atoms with van der Waals surface area (Å²) in [7, 11) is 0. The monoisotopic (exact) mass is 493 g/mol. The molecule has 10 nitrogen and oxygen atoms in total. The van der Waals surface area contributed by atoms with E-state index in [1.807, 2.05) is 13.8 Å². The molecule has 1 amide bonds. The normalized spacial score (nSPS) is 16.8. The maximum atomic E-state index is 12.5. The van der Waals surface area contributed by atoms with Gasteiger partial charge in [0.05, 0.1) is 11.3 Å². The fourth-order valence-corrected chi connectivity index (χ4v) is 4.95. The first-order chi connectivity index (χ1) is 16.4. The van der Waals surface area contributed by atoms with Gasteiger partial charge in [0, 0.05) is 6.07 Å². The van der Waals surface area contributed by atoms with Crippen LogP contribution in [0.15, 0.2) is 50.8 Å². The highest BCUT2D eigenvalue weighted by molar-refractivity contribution is 8.26. The summed E-state index contributed by atoms with van der Waals surface area (Å²) in [5, 5.41) is 20.4. The quantitative estimate of drug-likeness (QED) is 0.522. The van der Waals surface area contributed by atoms with Gasteiger partial charge in [-0.15, -0.1) is 0 Å². The van der Waals surface area contributed by atoms with E-state index in [1.165, 1.54) is 38.7 Å². The highest BCUT2D eigenvalue weighted by Gasteiger charge is 2.35. The molecule has 0 saturated heterocycles. The summed E-state index contributed by atoms with van der Waals surface area (Å²) in [4.78, 5) is 33.8. The van der Waals surface area contributed by atoms with Crippen molar-refractivity contribution in [2.45, 2.75) is 33.3 Å². The lowest BCUT2D eigenvalue weighted by molar-refractivity contribution is -0.114. The van der Waals surface area contributed by atoms with Crippen molar-refractivity contribution in [3.05, 3.63) is 62.5 Å². The van der Waals surface area contributed by atoms with Gasteiger partial charge in [0.25, 0.3) is 11.5 Å². The Hall–Kier alpha value is -3.64. The van der Waals surface area contributed by atoms with Gasteiger partial charge in [-0.25, -0.2) is 4.98 Å². The predicted molar refractivity (Wildman–Crippen MR) is 133 cm³/mol. The molecule has 172 valence electrons. The number of ether oxygens (including phenoxy) is 1. The maximum absolute atomic E-state index is 12.5. The van der Waals surface area contributed by atoms with Crippen LogP contribution in [-0.4, -0.2) is 41.6 Å². The highest BCUT2D eigenvalue weighted by Crippen LogP contribution is 2.29. The zero-order valence-electron chi connectivity index (χ0n) is 18.3. The molecule has 2 aromatic heterocycles. The summed E-state index contributed by atoms with van der Waals surface area (Å²) in [6.45, 7) is 4.08. The molecule has 0 spiro atoms. The molecule has 0 radical (unpaired) electrons. The van der Waals surface area contributed by atoms with E-state index >= 15 is 0 Å². The summed E-state index contributed by atoms with van der Waals surface area (Å²) < 4.78 is 7.10. The van der Waals surface area contributed by atoms with Crippen LogP contribution in [0.3, 0.4) is 0 Å². The third kappa shape index (κ3) is 4.17. The van der Waals surface area contributed by atoms with E-state index in [4.69, 9.17) is 10.1 Å². The molecular weight excluding hydrogens is 474 g/mol. The number of carbonyl (C=O) groups is 1. The molecule has 0 saturated carbocycles. The number of amides is 1. The number of hydrogen-bond donors (Lipinski definition) is 1. The van der Waals surface area contributed by atoms with Gasteiger partial charge in [-0.05, 0) is 48.4 Å². The Kier molecular flexibility index (Phi) is 5.84. The second-order valence-electron chi connectivity index (χ2n) is 7.35. The minimum atomic E-state index is -0.460. The van der Waals surface area contributed by atoms with Gasteiger partial charge in [0.1, 0.15) is 22.4 Å². The maximum Gasteiger partial charge on any atom is 0.283 e. The van der Waals surface area contributed by atoms with E-state index in [2.05, 4.69) is 20.2 Å². The number of aryl methyl sites for hydroxylation is 1. The Morgan fingerprint density at radius 3 is 2.68 bits per heavy atom. The first-order valence-electron chi connectivity index (χ1n) is 10.6. The number of amidine groups is 2. The Morgan fingerprint density at radius 1 is 1.15 bits per heavy atom. The zero-order chi connectivity index (χ0) is 23.8. The summed E-state index contributed by atoms with van der Waals surface area (Å²) in [6, 6.07) is 8.49. The van der Waals surface area contributed by atoms with Crippen LogP contribution in [0.2, 0.25) is 0 Å². The fourth-order valence-electron chi connectivity index (χ4n) is 3.27. The lowest BCUT2D eigenvalue weighted by Gasteiger charge is -2.20. The van der Waals surface area contributed by atoms with E-state index in [0.717, 1.165) is 22.0 Å². The lowest BCUT2D eigenvalue weighted by atomic mass is 10.1. The Bertz CT molecular complexity index is 1470. The molecule has 3 aromatic rings. The van der Waals surface area contributed by atoms with Crippen LogP contribution in [0.1, 0.15) is 36.5 Å². The van der Waals surface area contributed by atoms with Crippen molar-refractivity contribution in [1.29, 1.82) is 5.41 Å². The fraction of sp³-hybridized carbons (Fsp3) is 0.227. The van der Waals surface area contributed by atoms with E-state index in [1.54, 1.807) is 30.3 Å². The van der Waals surface area contributed by atoms with Crippen LogP contribution < -0.4 is 10.3 Å². The van der Waals surface area contributed by atoms with Gasteiger partial charge in [-0.1, -0.05) is 37.3 Å². The predicted octanol–water partition coefficient (Wildman–Crippen LogP) is 3.32. The summed E-state index contributed by atoms with van der Waals surface area (Å²) in [5.41, 5.74) is 1.18. The Morgan fingerprint density at radius 2 is 1.94 bits per heavy atom. The van der Waals surface area contributed by atoms with Crippen LogP contribution in [-0.2, 0) is 17.8 Å². The number of benzene rings is 1.